The van der Waals surface area contributed by atoms with E-state index in [0.717, 1.165) is 50.1 Å². The van der Waals surface area contributed by atoms with Crippen molar-refractivity contribution in [3.8, 4) is 33.4 Å². The van der Waals surface area contributed by atoms with Crippen LogP contribution >= 0.6 is 0 Å². The van der Waals surface area contributed by atoms with Gasteiger partial charge in [-0.2, -0.15) is 0 Å². The predicted octanol–water partition coefficient (Wildman–Crippen LogP) is 17.1. The lowest BCUT2D eigenvalue weighted by molar-refractivity contribution is 0.670. The molecule has 0 radical (unpaired) electrons. The fraction of sp³-hybridized carbons (Fsp3) is 0.0159. The van der Waals surface area contributed by atoms with Gasteiger partial charge in [0.1, 0.15) is 11.2 Å². The van der Waals surface area contributed by atoms with Gasteiger partial charge in [0, 0.05) is 22.3 Å². The highest BCUT2D eigenvalue weighted by atomic mass is 16.3. The first-order valence-electron chi connectivity index (χ1n) is 22.4. The molecule has 0 saturated heterocycles. The maximum absolute atomic E-state index is 7.00. The minimum absolute atomic E-state index is 0.550. The highest BCUT2D eigenvalue weighted by Crippen LogP contribution is 2.58. The Kier molecular flexibility index (Phi) is 8.47. The van der Waals surface area contributed by atoms with Crippen molar-refractivity contribution < 1.29 is 4.42 Å². The smallest absolute Gasteiger partial charge is 0.145 e. The predicted molar refractivity (Wildman–Crippen MR) is 272 cm³/mol. The van der Waals surface area contributed by atoms with Crippen LogP contribution in [-0.2, 0) is 5.41 Å². The summed E-state index contributed by atoms with van der Waals surface area (Å²) < 4.78 is 7.00. The Morgan fingerprint density at radius 1 is 0.338 bits per heavy atom. The van der Waals surface area contributed by atoms with Crippen LogP contribution in [0, 0.1) is 0 Å². The van der Waals surface area contributed by atoms with E-state index in [1.165, 1.54) is 66.1 Å². The van der Waals surface area contributed by atoms with E-state index in [0.29, 0.717) is 0 Å². The fourth-order valence-electron chi connectivity index (χ4n) is 10.8. The third kappa shape index (κ3) is 5.74. The Balaban J connectivity index is 1.08. The zero-order valence-electron chi connectivity index (χ0n) is 35.5. The molecule has 1 aliphatic rings. The molecule has 304 valence electrons. The summed E-state index contributed by atoms with van der Waals surface area (Å²) in [6, 6.07) is 90.8. The van der Waals surface area contributed by atoms with E-state index >= 15 is 0 Å². The Bertz CT molecular complexity index is 3730. The van der Waals surface area contributed by atoms with Gasteiger partial charge in [0.05, 0.1) is 16.5 Å². The summed E-state index contributed by atoms with van der Waals surface area (Å²) in [6.45, 7) is 0. The molecule has 13 rings (SSSR count). The number of hydrogen-bond donors (Lipinski definition) is 0. The van der Waals surface area contributed by atoms with E-state index in [4.69, 9.17) is 4.42 Å². The summed E-state index contributed by atoms with van der Waals surface area (Å²) in [5.41, 5.74) is 16.5. The Labute approximate surface area is 377 Å². The van der Waals surface area contributed by atoms with Gasteiger partial charge in [-0.15, -0.1) is 0 Å². The molecular formula is C63H41NO. The minimum Gasteiger partial charge on any atom is -0.455 e. The Morgan fingerprint density at radius 3 is 1.72 bits per heavy atom. The summed E-state index contributed by atoms with van der Waals surface area (Å²) in [4.78, 5) is 2.45. The highest BCUT2D eigenvalue weighted by Gasteiger charge is 2.46. The van der Waals surface area contributed by atoms with Crippen LogP contribution < -0.4 is 4.90 Å². The second-order valence-corrected chi connectivity index (χ2v) is 17.2. The first kappa shape index (κ1) is 37.1. The molecule has 0 N–H and O–H groups in total. The SMILES string of the molecule is c1ccc(C2(c3ccccc3)c3ccccc3-c3ccc(N(c4ccc(-c5ccc6ccccc6c5)cc4)c4ccc(-c5cccc6ccccc56)c5oc6ccccc6c45)cc32)cc1. The van der Waals surface area contributed by atoms with Crippen molar-refractivity contribution in [3.05, 3.63) is 271 Å². The molecule has 0 bridgehead atoms. The van der Waals surface area contributed by atoms with E-state index in [1.54, 1.807) is 0 Å². The van der Waals surface area contributed by atoms with Gasteiger partial charge < -0.3 is 9.32 Å². The number of benzene rings is 11. The molecule has 0 saturated carbocycles. The maximum atomic E-state index is 7.00. The normalized spacial score (nSPS) is 12.7. The molecule has 0 fully saturated rings. The average Bonchev–Trinajstić information content (AvgIpc) is 3.92. The molecule has 12 aromatic rings. The van der Waals surface area contributed by atoms with Gasteiger partial charge in [0.15, 0.2) is 0 Å². The minimum atomic E-state index is -0.550. The van der Waals surface area contributed by atoms with Crippen molar-refractivity contribution >= 4 is 60.5 Å². The van der Waals surface area contributed by atoms with Crippen molar-refractivity contribution in [3.63, 3.8) is 0 Å². The van der Waals surface area contributed by atoms with E-state index in [1.807, 2.05) is 0 Å². The van der Waals surface area contributed by atoms with Crippen molar-refractivity contribution in [1.82, 2.24) is 0 Å². The van der Waals surface area contributed by atoms with Crippen molar-refractivity contribution in [2.24, 2.45) is 0 Å². The fourth-order valence-corrected chi connectivity index (χ4v) is 10.8. The molecule has 0 unspecified atom stereocenters. The average molecular weight is 828 g/mol. The van der Waals surface area contributed by atoms with Crippen molar-refractivity contribution in [2.75, 3.05) is 4.90 Å². The van der Waals surface area contributed by atoms with E-state index in [-0.39, 0.29) is 0 Å². The van der Waals surface area contributed by atoms with Gasteiger partial charge in [-0.25, -0.2) is 0 Å². The lowest BCUT2D eigenvalue weighted by Gasteiger charge is -2.35. The van der Waals surface area contributed by atoms with Crippen LogP contribution in [0.5, 0.6) is 0 Å². The van der Waals surface area contributed by atoms with Crippen LogP contribution in [0.3, 0.4) is 0 Å². The molecule has 0 aliphatic heterocycles. The molecule has 11 aromatic carbocycles. The number of para-hydroxylation sites is 1. The molecular weight excluding hydrogens is 787 g/mol. The van der Waals surface area contributed by atoms with E-state index in [2.05, 4.69) is 254 Å². The number of nitrogens with zero attached hydrogens (tertiary/aromatic N) is 1. The summed E-state index contributed by atoms with van der Waals surface area (Å²) >= 11 is 0. The number of anilines is 3. The molecule has 0 spiro atoms. The maximum Gasteiger partial charge on any atom is 0.145 e. The summed E-state index contributed by atoms with van der Waals surface area (Å²) in [5, 5.41) is 7.02. The molecule has 1 heterocycles. The van der Waals surface area contributed by atoms with Gasteiger partial charge in [-0.3, -0.25) is 0 Å². The molecule has 1 aromatic heterocycles. The largest absolute Gasteiger partial charge is 0.455 e. The van der Waals surface area contributed by atoms with E-state index < -0.39 is 5.41 Å². The number of hydrogen-bond acceptors (Lipinski definition) is 2. The third-order valence-corrected chi connectivity index (χ3v) is 13.7. The Morgan fingerprint density at radius 2 is 0.923 bits per heavy atom. The first-order chi connectivity index (χ1) is 32.2. The van der Waals surface area contributed by atoms with Crippen molar-refractivity contribution in [1.29, 1.82) is 0 Å². The second-order valence-electron chi connectivity index (χ2n) is 17.2. The van der Waals surface area contributed by atoms with Crippen LogP contribution in [0.4, 0.5) is 17.1 Å². The molecule has 65 heavy (non-hydrogen) atoms. The van der Waals surface area contributed by atoms with Gasteiger partial charge in [-0.1, -0.05) is 200 Å². The number of furan rings is 1. The van der Waals surface area contributed by atoms with Crippen LogP contribution in [0.15, 0.2) is 253 Å². The summed E-state index contributed by atoms with van der Waals surface area (Å²) in [7, 11) is 0. The standard InChI is InChI=1S/C63H41NO/c1-3-20-47(21-4-1)63(48-22-5-2-6-23-48)57-28-13-11-25-53(57)54-37-36-50(41-58(54)63)64(49-34-32-43(33-35-49)46-31-30-42-16-7-8-18-45(42)40-46)59-39-38-55(52-27-15-19-44-17-9-10-24-51(44)52)62-61(59)56-26-12-14-29-60(56)65-62/h1-41H. The lowest BCUT2D eigenvalue weighted by Crippen LogP contribution is -2.28. The van der Waals surface area contributed by atoms with Gasteiger partial charge in [-0.05, 0) is 120 Å². The summed E-state index contributed by atoms with van der Waals surface area (Å²) in [5.74, 6) is 0. The van der Waals surface area contributed by atoms with Crippen LogP contribution in [0.2, 0.25) is 0 Å². The molecule has 0 atom stereocenters. The molecule has 2 heteroatoms. The van der Waals surface area contributed by atoms with Crippen LogP contribution in [0.1, 0.15) is 22.3 Å². The zero-order chi connectivity index (χ0) is 42.9. The zero-order valence-corrected chi connectivity index (χ0v) is 35.5. The van der Waals surface area contributed by atoms with E-state index in [9.17, 15) is 0 Å². The van der Waals surface area contributed by atoms with Gasteiger partial charge >= 0.3 is 0 Å². The first-order valence-corrected chi connectivity index (χ1v) is 22.4. The molecule has 1 aliphatic carbocycles. The lowest BCUT2D eigenvalue weighted by atomic mass is 9.67. The Hall–Kier alpha value is -8.46. The molecule has 0 amide bonds. The number of fused-ring (bicyclic) bond motifs is 8. The highest BCUT2D eigenvalue weighted by molar-refractivity contribution is 6.18. The topological polar surface area (TPSA) is 16.4 Å². The number of rotatable bonds is 7. The summed E-state index contributed by atoms with van der Waals surface area (Å²) in [6.07, 6.45) is 0. The van der Waals surface area contributed by atoms with Crippen LogP contribution in [0.25, 0.3) is 76.9 Å². The van der Waals surface area contributed by atoms with Crippen molar-refractivity contribution in [2.45, 2.75) is 5.41 Å². The monoisotopic (exact) mass is 827 g/mol. The third-order valence-electron chi connectivity index (χ3n) is 13.7. The van der Waals surface area contributed by atoms with Gasteiger partial charge in [0.2, 0.25) is 0 Å². The van der Waals surface area contributed by atoms with Crippen LogP contribution in [-0.4, -0.2) is 0 Å². The quantitative estimate of drug-likeness (QED) is 0.159. The van der Waals surface area contributed by atoms with Gasteiger partial charge in [0.25, 0.3) is 0 Å². The second kappa shape index (κ2) is 14.8. The molecule has 2 nitrogen and oxygen atoms in total.